The van der Waals surface area contributed by atoms with E-state index in [2.05, 4.69) is 71.0 Å². The van der Waals surface area contributed by atoms with Crippen LogP contribution in [0.25, 0.3) is 5.57 Å². The minimum absolute atomic E-state index is 0.0856. The summed E-state index contributed by atoms with van der Waals surface area (Å²) >= 11 is 6.76. The minimum atomic E-state index is -0.502. The topological polar surface area (TPSA) is 47.4 Å². The lowest BCUT2D eigenvalue weighted by atomic mass is 9.69. The van der Waals surface area contributed by atoms with E-state index < -0.39 is 5.41 Å². The third kappa shape index (κ3) is 5.88. The summed E-state index contributed by atoms with van der Waals surface area (Å²) < 4.78 is 7.18. The van der Waals surface area contributed by atoms with Crippen molar-refractivity contribution in [1.29, 1.82) is 0 Å². The number of nitrogens with zero attached hydrogens (tertiary/aromatic N) is 3. The van der Waals surface area contributed by atoms with Gasteiger partial charge in [0.1, 0.15) is 0 Å². The average Bonchev–Trinajstić information content (AvgIpc) is 3.22. The van der Waals surface area contributed by atoms with Crippen LogP contribution >= 0.6 is 11.6 Å². The van der Waals surface area contributed by atoms with Crippen molar-refractivity contribution in [3.8, 4) is 0 Å². The molecule has 1 atom stereocenters. The maximum Gasteiger partial charge on any atom is 0.227 e. The Morgan fingerprint density at radius 2 is 2.00 bits per heavy atom. The van der Waals surface area contributed by atoms with Crippen molar-refractivity contribution < 1.29 is 9.53 Å². The quantitative estimate of drug-likeness (QED) is 0.455. The van der Waals surface area contributed by atoms with Crippen LogP contribution < -0.4 is 0 Å². The predicted octanol–water partition coefficient (Wildman–Crippen LogP) is 6.27. The number of ether oxygens (including phenoxy) is 1. The Labute approximate surface area is 203 Å². The van der Waals surface area contributed by atoms with Crippen molar-refractivity contribution in [3.05, 3.63) is 58.5 Å². The molecule has 0 saturated carbocycles. The van der Waals surface area contributed by atoms with Crippen molar-refractivity contribution in [2.45, 2.75) is 72.3 Å². The molecule has 1 amide bonds. The first-order valence-corrected chi connectivity index (χ1v) is 12.2. The Kier molecular flexibility index (Phi) is 7.75. The average molecular weight is 472 g/mol. The molecule has 0 saturated heterocycles. The number of hydrogen-bond acceptors (Lipinski definition) is 3. The minimum Gasteiger partial charge on any atom is -0.383 e. The number of rotatable bonds is 8. The molecule has 3 rings (SSSR count). The van der Waals surface area contributed by atoms with Gasteiger partial charge in [0.15, 0.2) is 0 Å². The van der Waals surface area contributed by atoms with E-state index in [0.717, 1.165) is 40.1 Å². The highest BCUT2D eigenvalue weighted by Gasteiger charge is 2.40. The molecule has 33 heavy (non-hydrogen) atoms. The summed E-state index contributed by atoms with van der Waals surface area (Å²) in [6.07, 6.45) is 8.32. The molecule has 6 heteroatoms. The van der Waals surface area contributed by atoms with E-state index in [-0.39, 0.29) is 17.4 Å². The van der Waals surface area contributed by atoms with Gasteiger partial charge < -0.3 is 9.64 Å². The number of amides is 1. The number of methoxy groups -OCH3 is 1. The van der Waals surface area contributed by atoms with Crippen LogP contribution in [0, 0.1) is 5.41 Å². The number of carbonyl (C=O) groups excluding carboxylic acids is 1. The molecule has 0 aliphatic carbocycles. The maximum absolute atomic E-state index is 13.1. The lowest BCUT2D eigenvalue weighted by molar-refractivity contribution is -0.130. The summed E-state index contributed by atoms with van der Waals surface area (Å²) in [6.45, 7) is 14.1. The monoisotopic (exact) mass is 471 g/mol. The number of halogens is 1. The SMILES string of the molecule is COCCN1C=C(c2cnn(C(C)C)c2)[C@](C)(c2ccc(CCC(C)(C)C)c(Cl)c2)CC1=O. The second-order valence-electron chi connectivity index (χ2n) is 10.8. The maximum atomic E-state index is 13.1. The van der Waals surface area contributed by atoms with Crippen LogP contribution in [-0.2, 0) is 21.4 Å². The van der Waals surface area contributed by atoms with Crippen molar-refractivity contribution in [2.24, 2.45) is 5.41 Å². The van der Waals surface area contributed by atoms with E-state index in [1.807, 2.05) is 17.1 Å². The molecule has 2 aromatic rings. The van der Waals surface area contributed by atoms with Gasteiger partial charge in [-0.3, -0.25) is 9.48 Å². The fraction of sp³-hybridized carbons (Fsp3) is 0.556. The van der Waals surface area contributed by atoms with Crippen molar-refractivity contribution in [2.75, 3.05) is 20.3 Å². The molecule has 2 heterocycles. The summed E-state index contributed by atoms with van der Waals surface area (Å²) in [5.41, 5.74) is 4.05. The van der Waals surface area contributed by atoms with Gasteiger partial charge in [0.05, 0.1) is 12.8 Å². The molecular formula is C27H38ClN3O2. The Morgan fingerprint density at radius 3 is 2.58 bits per heavy atom. The van der Waals surface area contributed by atoms with E-state index in [1.165, 1.54) is 0 Å². The van der Waals surface area contributed by atoms with Gasteiger partial charge in [0.2, 0.25) is 5.91 Å². The normalized spacial score (nSPS) is 19.4. The molecule has 180 valence electrons. The number of aromatic nitrogens is 2. The van der Waals surface area contributed by atoms with Crippen LogP contribution in [0.4, 0.5) is 0 Å². The first-order valence-electron chi connectivity index (χ1n) is 11.8. The van der Waals surface area contributed by atoms with Gasteiger partial charge in [0, 0.05) is 54.5 Å². The third-order valence-corrected chi connectivity index (χ3v) is 6.87. The zero-order valence-corrected chi connectivity index (χ0v) is 21.9. The van der Waals surface area contributed by atoms with Crippen LogP contribution in [0.5, 0.6) is 0 Å². The number of carbonyl (C=O) groups is 1. The van der Waals surface area contributed by atoms with Crippen LogP contribution in [0.1, 0.15) is 77.1 Å². The van der Waals surface area contributed by atoms with Crippen LogP contribution in [0.15, 0.2) is 36.8 Å². The van der Waals surface area contributed by atoms with Gasteiger partial charge in [0.25, 0.3) is 0 Å². The summed E-state index contributed by atoms with van der Waals surface area (Å²) in [4.78, 5) is 14.9. The van der Waals surface area contributed by atoms with E-state index in [9.17, 15) is 4.79 Å². The lowest BCUT2D eigenvalue weighted by Gasteiger charge is -2.39. The Balaban J connectivity index is 2.03. The van der Waals surface area contributed by atoms with Gasteiger partial charge in [-0.2, -0.15) is 5.10 Å². The van der Waals surface area contributed by atoms with E-state index in [4.69, 9.17) is 16.3 Å². The molecule has 0 radical (unpaired) electrons. The molecule has 1 aromatic carbocycles. The molecule has 5 nitrogen and oxygen atoms in total. The number of benzene rings is 1. The number of allylic oxidation sites excluding steroid dienone is 1. The summed E-state index contributed by atoms with van der Waals surface area (Å²) in [7, 11) is 1.65. The van der Waals surface area contributed by atoms with Gasteiger partial charge in [-0.15, -0.1) is 0 Å². The second kappa shape index (κ2) is 10.0. The van der Waals surface area contributed by atoms with Crippen LogP contribution in [0.2, 0.25) is 5.02 Å². The standard InChI is InChI=1S/C27H38ClN3O2/c1-19(2)31-17-21(16-29-31)23-18-30(12-13-33-7)25(32)15-27(23,6)22-9-8-20(24(28)14-22)10-11-26(3,4)5/h8-9,14,16-19H,10-13,15H2,1-7H3/t27-/m0/s1. The molecule has 0 fully saturated rings. The molecule has 0 spiro atoms. The third-order valence-electron chi connectivity index (χ3n) is 6.52. The highest BCUT2D eigenvalue weighted by Crippen LogP contribution is 2.45. The molecule has 1 aliphatic heterocycles. The van der Waals surface area contributed by atoms with Gasteiger partial charge in [-0.1, -0.05) is 51.4 Å². The predicted molar refractivity (Wildman–Crippen MR) is 135 cm³/mol. The van der Waals surface area contributed by atoms with Crippen LogP contribution in [-0.4, -0.2) is 40.8 Å². The number of aryl methyl sites for hydroxylation is 1. The fourth-order valence-corrected chi connectivity index (χ4v) is 4.54. The first kappa shape index (κ1) is 25.5. The Hall–Kier alpha value is -2.11. The lowest BCUT2D eigenvalue weighted by Crippen LogP contribution is -2.41. The highest BCUT2D eigenvalue weighted by atomic mass is 35.5. The zero-order valence-electron chi connectivity index (χ0n) is 21.1. The largest absolute Gasteiger partial charge is 0.383 e. The van der Waals surface area contributed by atoms with E-state index in [1.54, 1.807) is 12.0 Å². The van der Waals surface area contributed by atoms with E-state index >= 15 is 0 Å². The zero-order chi connectivity index (χ0) is 24.4. The first-order chi connectivity index (χ1) is 15.4. The Morgan fingerprint density at radius 1 is 1.27 bits per heavy atom. The van der Waals surface area contributed by atoms with Gasteiger partial charge >= 0.3 is 0 Å². The second-order valence-corrected chi connectivity index (χ2v) is 11.2. The van der Waals surface area contributed by atoms with Gasteiger partial charge in [-0.05, 0) is 54.9 Å². The molecule has 0 unspecified atom stereocenters. The van der Waals surface area contributed by atoms with E-state index in [0.29, 0.717) is 19.6 Å². The smallest absolute Gasteiger partial charge is 0.227 e. The van der Waals surface area contributed by atoms with Crippen molar-refractivity contribution in [1.82, 2.24) is 14.7 Å². The summed E-state index contributed by atoms with van der Waals surface area (Å²) in [5.74, 6) is 0.0856. The summed E-state index contributed by atoms with van der Waals surface area (Å²) in [6, 6.07) is 6.59. The van der Waals surface area contributed by atoms with Gasteiger partial charge in [-0.25, -0.2) is 0 Å². The number of hydrogen-bond donors (Lipinski definition) is 0. The van der Waals surface area contributed by atoms with Crippen LogP contribution in [0.3, 0.4) is 0 Å². The Bertz CT molecular complexity index is 1020. The fourth-order valence-electron chi connectivity index (χ4n) is 4.26. The van der Waals surface area contributed by atoms with Crippen molar-refractivity contribution >= 4 is 23.1 Å². The highest BCUT2D eigenvalue weighted by molar-refractivity contribution is 6.31. The van der Waals surface area contributed by atoms with Crippen molar-refractivity contribution in [3.63, 3.8) is 0 Å². The molecule has 1 aliphatic rings. The molecule has 1 aromatic heterocycles. The molecule has 0 bridgehead atoms. The summed E-state index contributed by atoms with van der Waals surface area (Å²) in [5, 5.41) is 5.32. The molecule has 0 N–H and O–H groups in total. The molecular weight excluding hydrogens is 434 g/mol.